The molecule has 2 N–H and O–H groups in total. The summed E-state index contributed by atoms with van der Waals surface area (Å²) in [4.78, 5) is 0. The van der Waals surface area contributed by atoms with Gasteiger partial charge in [-0.05, 0) is 30.5 Å². The van der Waals surface area contributed by atoms with Gasteiger partial charge >= 0.3 is 0 Å². The largest absolute Gasteiger partial charge is 0.496 e. The number of rotatable bonds is 6. The second-order valence-electron chi connectivity index (χ2n) is 5.01. The lowest BCUT2D eigenvalue weighted by atomic mass is 10.0. The quantitative estimate of drug-likeness (QED) is 0.809. The number of aromatic nitrogens is 1. The van der Waals surface area contributed by atoms with Gasteiger partial charge in [0, 0.05) is 6.42 Å². The predicted molar refractivity (Wildman–Crippen MR) is 80.9 cm³/mol. The number of nitrogen functional groups attached to an aromatic ring is 1. The Hall–Kier alpha value is -1.97. The number of unbranched alkanes of at least 4 members (excludes halogenated alkanes) is 2. The normalized spacial score (nSPS) is 10.8. The van der Waals surface area contributed by atoms with Gasteiger partial charge in [-0.1, -0.05) is 37.1 Å². The van der Waals surface area contributed by atoms with Crippen LogP contribution in [0.15, 0.2) is 22.7 Å². The highest BCUT2D eigenvalue weighted by molar-refractivity contribution is 5.76. The predicted octanol–water partition coefficient (Wildman–Crippen LogP) is 3.97. The van der Waals surface area contributed by atoms with Crippen LogP contribution in [-0.2, 0) is 6.42 Å². The topological polar surface area (TPSA) is 61.3 Å². The Kier molecular flexibility index (Phi) is 4.66. The molecule has 2 rings (SSSR count). The van der Waals surface area contributed by atoms with Crippen molar-refractivity contribution < 1.29 is 9.26 Å². The SMILES string of the molecule is CCCCCc1onc(N)c1-c1ccc(C)c(OC)c1. The smallest absolute Gasteiger partial charge is 0.175 e. The minimum atomic E-state index is 0.447. The van der Waals surface area contributed by atoms with E-state index in [2.05, 4.69) is 12.1 Å². The number of hydrogen-bond acceptors (Lipinski definition) is 4. The third-order valence-electron chi connectivity index (χ3n) is 3.49. The van der Waals surface area contributed by atoms with Gasteiger partial charge in [0.25, 0.3) is 0 Å². The first kappa shape index (κ1) is 14.4. The molecule has 1 heterocycles. The standard InChI is InChI=1S/C16H22N2O2/c1-4-5-6-7-13-15(16(17)18-20-13)12-9-8-11(2)14(10-12)19-3/h8-10H,4-7H2,1-3H3,(H2,17,18). The molecule has 0 aliphatic carbocycles. The number of nitrogens with two attached hydrogens (primary N) is 1. The van der Waals surface area contributed by atoms with E-state index in [1.54, 1.807) is 7.11 Å². The first-order valence-corrected chi connectivity index (χ1v) is 7.06. The average molecular weight is 274 g/mol. The summed E-state index contributed by atoms with van der Waals surface area (Å²) in [7, 11) is 1.67. The molecule has 1 aromatic carbocycles. The second-order valence-corrected chi connectivity index (χ2v) is 5.01. The molecule has 4 nitrogen and oxygen atoms in total. The summed E-state index contributed by atoms with van der Waals surface area (Å²) in [5.41, 5.74) is 8.96. The van der Waals surface area contributed by atoms with Gasteiger partial charge < -0.3 is 15.0 Å². The van der Waals surface area contributed by atoms with Gasteiger partial charge in [0.1, 0.15) is 11.5 Å². The molecule has 0 fully saturated rings. The molecule has 0 aliphatic heterocycles. The number of hydrogen-bond donors (Lipinski definition) is 1. The third kappa shape index (κ3) is 2.95. The van der Waals surface area contributed by atoms with E-state index in [-0.39, 0.29) is 0 Å². The fourth-order valence-electron chi connectivity index (χ4n) is 2.33. The van der Waals surface area contributed by atoms with Gasteiger partial charge in [-0.3, -0.25) is 0 Å². The lowest BCUT2D eigenvalue weighted by Gasteiger charge is -2.08. The number of aryl methyl sites for hydroxylation is 2. The first-order valence-electron chi connectivity index (χ1n) is 7.06. The maximum Gasteiger partial charge on any atom is 0.175 e. The zero-order chi connectivity index (χ0) is 14.5. The van der Waals surface area contributed by atoms with Crippen molar-refractivity contribution in [3.63, 3.8) is 0 Å². The summed E-state index contributed by atoms with van der Waals surface area (Å²) < 4.78 is 10.8. The Morgan fingerprint density at radius 3 is 2.80 bits per heavy atom. The molecule has 4 heteroatoms. The van der Waals surface area contributed by atoms with E-state index in [1.165, 1.54) is 12.8 Å². The Bertz CT molecular complexity index is 576. The lowest BCUT2D eigenvalue weighted by Crippen LogP contribution is -1.93. The van der Waals surface area contributed by atoms with Crippen molar-refractivity contribution in [1.82, 2.24) is 5.16 Å². The molecule has 20 heavy (non-hydrogen) atoms. The van der Waals surface area contributed by atoms with E-state index in [4.69, 9.17) is 15.0 Å². The van der Waals surface area contributed by atoms with Crippen molar-refractivity contribution in [2.75, 3.05) is 12.8 Å². The maximum absolute atomic E-state index is 5.96. The van der Waals surface area contributed by atoms with E-state index >= 15 is 0 Å². The highest BCUT2D eigenvalue weighted by Crippen LogP contribution is 2.33. The molecule has 108 valence electrons. The maximum atomic E-state index is 5.96. The van der Waals surface area contributed by atoms with Crippen molar-refractivity contribution in [3.8, 4) is 16.9 Å². The highest BCUT2D eigenvalue weighted by Gasteiger charge is 2.16. The minimum absolute atomic E-state index is 0.447. The van der Waals surface area contributed by atoms with Crippen LogP contribution in [0.25, 0.3) is 11.1 Å². The van der Waals surface area contributed by atoms with Crippen LogP contribution >= 0.6 is 0 Å². The van der Waals surface area contributed by atoms with Crippen LogP contribution in [0.4, 0.5) is 5.82 Å². The number of benzene rings is 1. The zero-order valence-electron chi connectivity index (χ0n) is 12.4. The van der Waals surface area contributed by atoms with Crippen LogP contribution < -0.4 is 10.5 Å². The molecule has 0 saturated carbocycles. The van der Waals surface area contributed by atoms with Gasteiger partial charge in [0.2, 0.25) is 0 Å². The van der Waals surface area contributed by atoms with Gasteiger partial charge in [-0.25, -0.2) is 0 Å². The Morgan fingerprint density at radius 2 is 2.10 bits per heavy atom. The van der Waals surface area contributed by atoms with Crippen molar-refractivity contribution in [2.24, 2.45) is 0 Å². The van der Waals surface area contributed by atoms with Gasteiger partial charge in [0.15, 0.2) is 5.82 Å². The van der Waals surface area contributed by atoms with E-state index in [0.29, 0.717) is 5.82 Å². The summed E-state index contributed by atoms with van der Waals surface area (Å²) in [5, 5.41) is 3.91. The fourth-order valence-corrected chi connectivity index (χ4v) is 2.33. The number of anilines is 1. The molecule has 0 amide bonds. The number of nitrogens with zero attached hydrogens (tertiary/aromatic N) is 1. The van der Waals surface area contributed by atoms with Gasteiger partial charge in [-0.2, -0.15) is 0 Å². The van der Waals surface area contributed by atoms with Crippen LogP contribution in [0.5, 0.6) is 5.75 Å². The van der Waals surface area contributed by atoms with Crippen LogP contribution in [0, 0.1) is 6.92 Å². The Balaban J connectivity index is 2.34. The van der Waals surface area contributed by atoms with Crippen LogP contribution in [0.3, 0.4) is 0 Å². The zero-order valence-corrected chi connectivity index (χ0v) is 12.4. The third-order valence-corrected chi connectivity index (χ3v) is 3.49. The first-order chi connectivity index (χ1) is 9.67. The second kappa shape index (κ2) is 6.46. The molecular formula is C16H22N2O2. The molecule has 0 spiro atoms. The monoisotopic (exact) mass is 274 g/mol. The van der Waals surface area contributed by atoms with Crippen molar-refractivity contribution in [1.29, 1.82) is 0 Å². The van der Waals surface area contributed by atoms with Crippen LogP contribution in [0.2, 0.25) is 0 Å². The van der Waals surface area contributed by atoms with E-state index in [0.717, 1.165) is 41.0 Å². The molecule has 0 radical (unpaired) electrons. The Labute approximate surface area is 119 Å². The van der Waals surface area contributed by atoms with E-state index < -0.39 is 0 Å². The van der Waals surface area contributed by atoms with Crippen LogP contribution in [-0.4, -0.2) is 12.3 Å². The summed E-state index contributed by atoms with van der Waals surface area (Å²) in [5.74, 6) is 2.16. The molecule has 0 unspecified atom stereocenters. The fraction of sp³-hybridized carbons (Fsp3) is 0.438. The summed E-state index contributed by atoms with van der Waals surface area (Å²) >= 11 is 0. The molecule has 1 aromatic heterocycles. The average Bonchev–Trinajstić information content (AvgIpc) is 2.81. The molecule has 0 bridgehead atoms. The lowest BCUT2D eigenvalue weighted by molar-refractivity contribution is 0.382. The van der Waals surface area contributed by atoms with E-state index in [1.807, 2.05) is 25.1 Å². The van der Waals surface area contributed by atoms with E-state index in [9.17, 15) is 0 Å². The molecule has 0 atom stereocenters. The molecule has 0 saturated heterocycles. The highest BCUT2D eigenvalue weighted by atomic mass is 16.5. The van der Waals surface area contributed by atoms with Gasteiger partial charge in [-0.15, -0.1) is 0 Å². The number of ether oxygens (including phenoxy) is 1. The molecular weight excluding hydrogens is 252 g/mol. The molecule has 0 aliphatic rings. The van der Waals surface area contributed by atoms with Crippen molar-refractivity contribution in [2.45, 2.75) is 39.5 Å². The van der Waals surface area contributed by atoms with Crippen LogP contribution in [0.1, 0.15) is 37.5 Å². The number of methoxy groups -OCH3 is 1. The summed E-state index contributed by atoms with van der Waals surface area (Å²) in [6, 6.07) is 6.04. The summed E-state index contributed by atoms with van der Waals surface area (Å²) in [6.07, 6.45) is 4.30. The molecule has 2 aromatic rings. The van der Waals surface area contributed by atoms with Crippen molar-refractivity contribution in [3.05, 3.63) is 29.5 Å². The summed E-state index contributed by atoms with van der Waals surface area (Å²) in [6.45, 7) is 4.20. The Morgan fingerprint density at radius 1 is 1.30 bits per heavy atom. The van der Waals surface area contributed by atoms with Crippen molar-refractivity contribution >= 4 is 5.82 Å². The minimum Gasteiger partial charge on any atom is -0.496 e. The van der Waals surface area contributed by atoms with Gasteiger partial charge in [0.05, 0.1) is 12.7 Å².